The van der Waals surface area contributed by atoms with Gasteiger partial charge in [0.25, 0.3) is 0 Å². The van der Waals surface area contributed by atoms with E-state index in [1.807, 2.05) is 22.2 Å². The van der Waals surface area contributed by atoms with Gasteiger partial charge in [0.15, 0.2) is 0 Å². The van der Waals surface area contributed by atoms with Crippen molar-refractivity contribution in [2.75, 3.05) is 19.8 Å². The highest BCUT2D eigenvalue weighted by molar-refractivity contribution is 8.93. The van der Waals surface area contributed by atoms with Gasteiger partial charge in [0.1, 0.15) is 0 Å². The molecule has 0 amide bonds. The molecule has 0 unspecified atom stereocenters. The molecule has 0 saturated heterocycles. The Morgan fingerprint density at radius 2 is 2.17 bits per heavy atom. The van der Waals surface area contributed by atoms with Crippen LogP contribution in [-0.4, -0.2) is 34.7 Å². The van der Waals surface area contributed by atoms with Gasteiger partial charge in [-0.3, -0.25) is 0 Å². The molecule has 0 spiro atoms. The van der Waals surface area contributed by atoms with Gasteiger partial charge in [-0.15, -0.1) is 17.0 Å². The van der Waals surface area contributed by atoms with E-state index in [4.69, 9.17) is 5.11 Å². The first-order valence-corrected chi connectivity index (χ1v) is 3.28. The second-order valence-corrected chi connectivity index (χ2v) is 2.17. The monoisotopic (exact) mass is 237 g/mol. The summed E-state index contributed by atoms with van der Waals surface area (Å²) in [6, 6.07) is 0. The lowest BCUT2D eigenvalue weighted by molar-refractivity contribution is 0.222. The zero-order valence-electron chi connectivity index (χ0n) is 7.02. The third kappa shape index (κ3) is 3.75. The van der Waals surface area contributed by atoms with Crippen molar-refractivity contribution in [1.82, 2.24) is 16.0 Å². The SMILES string of the molecule is Br.C=CN1C=CN(CCO)C1.N. The Morgan fingerprint density at radius 3 is 2.58 bits per heavy atom. The molecule has 4 nitrogen and oxygen atoms in total. The van der Waals surface area contributed by atoms with E-state index in [1.165, 1.54) is 0 Å². The van der Waals surface area contributed by atoms with Gasteiger partial charge in [0, 0.05) is 18.9 Å². The Labute approximate surface area is 83.5 Å². The van der Waals surface area contributed by atoms with Crippen molar-refractivity contribution in [3.8, 4) is 0 Å². The molecular weight excluding hydrogens is 222 g/mol. The molecule has 0 radical (unpaired) electrons. The number of nitrogens with zero attached hydrogens (tertiary/aromatic N) is 2. The summed E-state index contributed by atoms with van der Waals surface area (Å²) in [4.78, 5) is 3.97. The number of rotatable bonds is 3. The van der Waals surface area contributed by atoms with Crippen LogP contribution in [0.25, 0.3) is 0 Å². The highest BCUT2D eigenvalue weighted by Gasteiger charge is 2.06. The van der Waals surface area contributed by atoms with Crippen LogP contribution in [0.3, 0.4) is 0 Å². The van der Waals surface area contributed by atoms with Gasteiger partial charge in [-0.1, -0.05) is 6.58 Å². The Bertz CT molecular complexity index is 152. The van der Waals surface area contributed by atoms with E-state index in [0.29, 0.717) is 6.54 Å². The number of β-amino-alcohol motifs (C(OH)–C–C–N with tert-alkyl or cyclic N) is 1. The lowest BCUT2D eigenvalue weighted by Gasteiger charge is -2.16. The summed E-state index contributed by atoms with van der Waals surface area (Å²) in [6.45, 7) is 5.33. The normalized spacial score (nSPS) is 13.8. The van der Waals surface area contributed by atoms with Gasteiger partial charge >= 0.3 is 0 Å². The van der Waals surface area contributed by atoms with E-state index in [0.717, 1.165) is 6.67 Å². The maximum atomic E-state index is 8.57. The predicted octanol–water partition coefficient (Wildman–Crippen LogP) is 0.908. The van der Waals surface area contributed by atoms with Gasteiger partial charge in [-0.2, -0.15) is 0 Å². The summed E-state index contributed by atoms with van der Waals surface area (Å²) in [6.07, 6.45) is 5.63. The van der Waals surface area contributed by atoms with E-state index in [2.05, 4.69) is 6.58 Å². The zero-order chi connectivity index (χ0) is 7.40. The minimum atomic E-state index is 0. The predicted molar refractivity (Wildman–Crippen MR) is 55.2 cm³/mol. The summed E-state index contributed by atoms with van der Waals surface area (Å²) in [5.74, 6) is 0. The van der Waals surface area contributed by atoms with Crippen molar-refractivity contribution in [3.05, 3.63) is 25.2 Å². The molecule has 72 valence electrons. The van der Waals surface area contributed by atoms with Crippen LogP contribution in [0.2, 0.25) is 0 Å². The van der Waals surface area contributed by atoms with Crippen molar-refractivity contribution in [2.24, 2.45) is 0 Å². The van der Waals surface area contributed by atoms with Crippen LogP contribution in [0.15, 0.2) is 25.2 Å². The van der Waals surface area contributed by atoms with E-state index in [-0.39, 0.29) is 29.7 Å². The number of aliphatic hydroxyl groups excluding tert-OH is 1. The van der Waals surface area contributed by atoms with Crippen LogP contribution in [0.1, 0.15) is 0 Å². The highest BCUT2D eigenvalue weighted by atomic mass is 79.9. The fourth-order valence-corrected chi connectivity index (χ4v) is 0.876. The molecule has 0 bridgehead atoms. The number of halogens is 1. The van der Waals surface area contributed by atoms with Crippen LogP contribution >= 0.6 is 17.0 Å². The Morgan fingerprint density at radius 1 is 1.50 bits per heavy atom. The maximum Gasteiger partial charge on any atom is 0.0936 e. The van der Waals surface area contributed by atoms with Crippen LogP contribution < -0.4 is 6.15 Å². The minimum Gasteiger partial charge on any atom is -0.395 e. The van der Waals surface area contributed by atoms with Crippen molar-refractivity contribution < 1.29 is 5.11 Å². The summed E-state index contributed by atoms with van der Waals surface area (Å²) >= 11 is 0. The van der Waals surface area contributed by atoms with Crippen molar-refractivity contribution in [2.45, 2.75) is 0 Å². The molecule has 1 rings (SSSR count). The van der Waals surface area contributed by atoms with Gasteiger partial charge in [0.05, 0.1) is 13.3 Å². The first-order valence-electron chi connectivity index (χ1n) is 3.28. The Balaban J connectivity index is 0. The molecule has 0 atom stereocenters. The fraction of sp³-hybridized carbons (Fsp3) is 0.429. The first-order chi connectivity index (χ1) is 4.86. The Kier molecular flexibility index (Phi) is 8.36. The molecule has 0 aliphatic carbocycles. The van der Waals surface area contributed by atoms with Crippen molar-refractivity contribution >= 4 is 17.0 Å². The average Bonchev–Trinajstić information content (AvgIpc) is 2.37. The molecule has 1 heterocycles. The molecule has 5 heteroatoms. The van der Waals surface area contributed by atoms with Crippen LogP contribution in [0.5, 0.6) is 0 Å². The minimum absolute atomic E-state index is 0. The largest absolute Gasteiger partial charge is 0.395 e. The maximum absolute atomic E-state index is 8.57. The lowest BCUT2D eigenvalue weighted by atomic mass is 10.6. The van der Waals surface area contributed by atoms with Gasteiger partial charge < -0.3 is 21.1 Å². The van der Waals surface area contributed by atoms with E-state index >= 15 is 0 Å². The van der Waals surface area contributed by atoms with Crippen molar-refractivity contribution in [3.63, 3.8) is 0 Å². The van der Waals surface area contributed by atoms with Gasteiger partial charge in [0.2, 0.25) is 0 Å². The zero-order valence-corrected chi connectivity index (χ0v) is 8.73. The standard InChI is InChI=1S/C7H12N2O.BrH.H3N/c1-2-8-3-4-9(7-8)5-6-10;;/h2-4,10H,1,5-7H2;1H;1H3. The topological polar surface area (TPSA) is 61.7 Å². The number of aliphatic hydroxyl groups is 1. The van der Waals surface area contributed by atoms with Crippen molar-refractivity contribution in [1.29, 1.82) is 0 Å². The molecule has 1 aliphatic heterocycles. The summed E-state index contributed by atoms with van der Waals surface area (Å²) in [7, 11) is 0. The first kappa shape index (κ1) is 14.0. The van der Waals surface area contributed by atoms with Crippen LogP contribution in [-0.2, 0) is 0 Å². The second kappa shape index (κ2) is 7.15. The number of hydrogen-bond donors (Lipinski definition) is 2. The van der Waals surface area contributed by atoms with Crippen LogP contribution in [0.4, 0.5) is 0 Å². The molecule has 0 fully saturated rings. The van der Waals surface area contributed by atoms with E-state index in [9.17, 15) is 0 Å². The summed E-state index contributed by atoms with van der Waals surface area (Å²) < 4.78 is 0. The smallest absolute Gasteiger partial charge is 0.0936 e. The highest BCUT2D eigenvalue weighted by Crippen LogP contribution is 2.04. The van der Waals surface area contributed by atoms with E-state index < -0.39 is 0 Å². The molecular formula is C7H16BrN3O. The Hall–Kier alpha value is -0.520. The molecule has 1 aliphatic rings. The molecule has 0 aromatic rings. The van der Waals surface area contributed by atoms with Gasteiger partial charge in [-0.25, -0.2) is 0 Å². The fourth-order valence-electron chi connectivity index (χ4n) is 0.876. The third-order valence-electron chi connectivity index (χ3n) is 1.44. The third-order valence-corrected chi connectivity index (χ3v) is 1.44. The second-order valence-electron chi connectivity index (χ2n) is 2.17. The molecule has 0 aromatic heterocycles. The van der Waals surface area contributed by atoms with E-state index in [1.54, 1.807) is 6.20 Å². The molecule has 12 heavy (non-hydrogen) atoms. The average molecular weight is 238 g/mol. The van der Waals surface area contributed by atoms with Crippen LogP contribution in [0, 0.1) is 0 Å². The molecule has 0 aromatic carbocycles. The van der Waals surface area contributed by atoms with Gasteiger partial charge in [-0.05, 0) is 6.20 Å². The summed E-state index contributed by atoms with van der Waals surface area (Å²) in [5.41, 5.74) is 0. The quantitative estimate of drug-likeness (QED) is 0.767. The summed E-state index contributed by atoms with van der Waals surface area (Å²) in [5, 5.41) is 8.57. The number of hydrogen-bond acceptors (Lipinski definition) is 4. The molecule has 4 N–H and O–H groups in total. The molecule has 0 saturated carbocycles. The lowest BCUT2D eigenvalue weighted by Crippen LogP contribution is -2.24.